The summed E-state index contributed by atoms with van der Waals surface area (Å²) < 4.78 is 5.42. The van der Waals surface area contributed by atoms with Gasteiger partial charge in [0.15, 0.2) is 5.82 Å². The first-order valence-corrected chi connectivity index (χ1v) is 12.2. The Morgan fingerprint density at radius 2 is 1.94 bits per heavy atom. The van der Waals surface area contributed by atoms with E-state index >= 15 is 0 Å². The Kier molecular flexibility index (Phi) is 7.30. The summed E-state index contributed by atoms with van der Waals surface area (Å²) >= 11 is 0. The molecule has 3 aromatic rings. The van der Waals surface area contributed by atoms with Crippen LogP contribution in [0.4, 0.5) is 23.0 Å². The van der Waals surface area contributed by atoms with Gasteiger partial charge in [-0.3, -0.25) is 4.79 Å². The monoisotopic (exact) mass is 484 g/mol. The first-order valence-electron chi connectivity index (χ1n) is 12.2. The molecule has 2 saturated heterocycles. The summed E-state index contributed by atoms with van der Waals surface area (Å²) in [6, 6.07) is 15.2. The molecule has 1 atom stereocenters. The Morgan fingerprint density at radius 1 is 1.11 bits per heavy atom. The van der Waals surface area contributed by atoms with Crippen molar-refractivity contribution >= 4 is 28.9 Å². The standard InChI is InChI=1S/C26H28N8O2/c27-16-19-15-18(4-9-22(19)32-25(35)23-3-1-2-10-28-23)24-29-17-30-26(33-24)31-20-5-7-21(8-6-20)34-11-13-36-14-12-34/h4-9,15,17,23,28H,1-3,10-14H2,(H,32,35)(H,29,30,31,33)/t23-/m0/s1. The van der Waals surface area contributed by atoms with E-state index in [1.54, 1.807) is 18.2 Å². The number of benzene rings is 2. The van der Waals surface area contributed by atoms with Gasteiger partial charge in [-0.05, 0) is 61.9 Å². The maximum atomic E-state index is 12.6. The van der Waals surface area contributed by atoms with E-state index in [9.17, 15) is 10.1 Å². The van der Waals surface area contributed by atoms with Crippen molar-refractivity contribution in [1.82, 2.24) is 20.3 Å². The third kappa shape index (κ3) is 5.59. The molecule has 3 N–H and O–H groups in total. The van der Waals surface area contributed by atoms with Gasteiger partial charge in [-0.1, -0.05) is 6.42 Å². The van der Waals surface area contributed by atoms with Gasteiger partial charge in [0.25, 0.3) is 0 Å². The molecule has 0 spiro atoms. The van der Waals surface area contributed by atoms with Crippen LogP contribution in [0.3, 0.4) is 0 Å². The molecule has 0 unspecified atom stereocenters. The number of carbonyl (C=O) groups excluding carboxylic acids is 1. The molecule has 0 radical (unpaired) electrons. The van der Waals surface area contributed by atoms with Crippen LogP contribution in [0.1, 0.15) is 24.8 Å². The number of anilines is 4. The lowest BCUT2D eigenvalue weighted by Crippen LogP contribution is -2.43. The summed E-state index contributed by atoms with van der Waals surface area (Å²) in [4.78, 5) is 27.9. The van der Waals surface area contributed by atoms with Crippen molar-refractivity contribution in [3.63, 3.8) is 0 Å². The zero-order chi connectivity index (χ0) is 24.7. The van der Waals surface area contributed by atoms with Crippen molar-refractivity contribution in [3.05, 3.63) is 54.4 Å². The minimum Gasteiger partial charge on any atom is -0.378 e. The average molecular weight is 485 g/mol. The molecule has 2 aliphatic heterocycles. The molecule has 10 nitrogen and oxygen atoms in total. The van der Waals surface area contributed by atoms with Crippen molar-refractivity contribution in [3.8, 4) is 17.5 Å². The molecule has 5 rings (SSSR count). The van der Waals surface area contributed by atoms with Gasteiger partial charge in [-0.2, -0.15) is 10.2 Å². The van der Waals surface area contributed by atoms with Crippen molar-refractivity contribution in [2.24, 2.45) is 0 Å². The molecule has 2 aliphatic rings. The molecule has 2 fully saturated rings. The summed E-state index contributed by atoms with van der Waals surface area (Å²) in [7, 11) is 0. The zero-order valence-corrected chi connectivity index (χ0v) is 19.9. The first-order chi connectivity index (χ1) is 17.7. The Balaban J connectivity index is 1.28. The van der Waals surface area contributed by atoms with Crippen molar-refractivity contribution < 1.29 is 9.53 Å². The van der Waals surface area contributed by atoms with Crippen LogP contribution in [0.2, 0.25) is 0 Å². The molecule has 0 aliphatic carbocycles. The Hall–Kier alpha value is -4.07. The number of amides is 1. The molecule has 10 heteroatoms. The summed E-state index contributed by atoms with van der Waals surface area (Å²) in [5.74, 6) is 0.712. The molecular weight excluding hydrogens is 456 g/mol. The van der Waals surface area contributed by atoms with Gasteiger partial charge in [-0.25, -0.2) is 9.97 Å². The van der Waals surface area contributed by atoms with Gasteiger partial charge in [0.05, 0.1) is 30.5 Å². The molecule has 0 bridgehead atoms. The fourth-order valence-corrected chi connectivity index (χ4v) is 4.38. The fourth-order valence-electron chi connectivity index (χ4n) is 4.38. The number of rotatable bonds is 6. The maximum absolute atomic E-state index is 12.6. The van der Waals surface area contributed by atoms with Crippen LogP contribution >= 0.6 is 0 Å². The normalized spacial score (nSPS) is 17.8. The van der Waals surface area contributed by atoms with Crippen molar-refractivity contribution in [1.29, 1.82) is 5.26 Å². The zero-order valence-electron chi connectivity index (χ0n) is 19.9. The van der Waals surface area contributed by atoms with E-state index in [-0.39, 0.29) is 11.9 Å². The van der Waals surface area contributed by atoms with Gasteiger partial charge in [0, 0.05) is 30.0 Å². The number of hydrogen-bond donors (Lipinski definition) is 3. The molecule has 0 saturated carbocycles. The summed E-state index contributed by atoms with van der Waals surface area (Å²) in [6.45, 7) is 4.08. The second-order valence-corrected chi connectivity index (χ2v) is 8.77. The van der Waals surface area contributed by atoms with Crippen LogP contribution in [-0.2, 0) is 9.53 Å². The predicted molar refractivity (Wildman–Crippen MR) is 137 cm³/mol. The molecule has 3 heterocycles. The Morgan fingerprint density at radius 3 is 2.69 bits per heavy atom. The van der Waals surface area contributed by atoms with Crippen molar-refractivity contribution in [2.75, 3.05) is 48.4 Å². The topological polar surface area (TPSA) is 128 Å². The largest absolute Gasteiger partial charge is 0.378 e. The first kappa shape index (κ1) is 23.7. The molecule has 184 valence electrons. The number of nitriles is 1. The smallest absolute Gasteiger partial charge is 0.241 e. The van der Waals surface area contributed by atoms with Gasteiger partial charge in [0.1, 0.15) is 12.4 Å². The van der Waals surface area contributed by atoms with Crippen LogP contribution in [-0.4, -0.2) is 59.7 Å². The minimum atomic E-state index is -0.231. The van der Waals surface area contributed by atoms with E-state index in [1.807, 2.05) is 12.1 Å². The van der Waals surface area contributed by atoms with E-state index in [1.165, 1.54) is 6.33 Å². The SMILES string of the molecule is N#Cc1cc(-c2ncnc(Nc3ccc(N4CCOCC4)cc3)n2)ccc1NC(=O)[C@@H]1CCCCN1. The third-order valence-electron chi connectivity index (χ3n) is 6.35. The van der Waals surface area contributed by atoms with E-state index in [4.69, 9.17) is 4.74 Å². The highest BCUT2D eigenvalue weighted by Gasteiger charge is 2.21. The molecule has 2 aromatic carbocycles. The number of hydrogen-bond acceptors (Lipinski definition) is 9. The Labute approximate surface area is 209 Å². The van der Waals surface area contributed by atoms with Gasteiger partial charge < -0.3 is 25.6 Å². The number of ether oxygens (including phenoxy) is 1. The van der Waals surface area contributed by atoms with Gasteiger partial charge in [0.2, 0.25) is 11.9 Å². The second kappa shape index (κ2) is 11.1. The van der Waals surface area contributed by atoms with Crippen LogP contribution in [0, 0.1) is 11.3 Å². The molecule has 1 aromatic heterocycles. The number of piperidine rings is 1. The number of aromatic nitrogens is 3. The summed E-state index contributed by atoms with van der Waals surface area (Å²) in [5.41, 5.74) is 3.50. The van der Waals surface area contributed by atoms with Crippen LogP contribution in [0.25, 0.3) is 11.4 Å². The third-order valence-corrected chi connectivity index (χ3v) is 6.35. The quantitative estimate of drug-likeness (QED) is 0.483. The van der Waals surface area contributed by atoms with Crippen LogP contribution < -0.4 is 20.9 Å². The number of nitrogens with one attached hydrogen (secondary N) is 3. The van der Waals surface area contributed by atoms with Gasteiger partial charge in [-0.15, -0.1) is 0 Å². The van der Waals surface area contributed by atoms with E-state index < -0.39 is 0 Å². The summed E-state index contributed by atoms with van der Waals surface area (Å²) in [5, 5.41) is 19.0. The molecular formula is C26H28N8O2. The average Bonchev–Trinajstić information content (AvgIpc) is 2.95. The van der Waals surface area contributed by atoms with E-state index in [0.717, 1.165) is 63.5 Å². The Bertz CT molecular complexity index is 1250. The number of morpholine rings is 1. The second-order valence-electron chi connectivity index (χ2n) is 8.77. The lowest BCUT2D eigenvalue weighted by Gasteiger charge is -2.28. The highest BCUT2D eigenvalue weighted by Crippen LogP contribution is 2.25. The highest BCUT2D eigenvalue weighted by molar-refractivity contribution is 5.96. The molecule has 1 amide bonds. The van der Waals surface area contributed by atoms with E-state index in [2.05, 4.69) is 54.0 Å². The molecule has 36 heavy (non-hydrogen) atoms. The maximum Gasteiger partial charge on any atom is 0.241 e. The van der Waals surface area contributed by atoms with Crippen LogP contribution in [0.15, 0.2) is 48.8 Å². The van der Waals surface area contributed by atoms with Crippen molar-refractivity contribution in [2.45, 2.75) is 25.3 Å². The lowest BCUT2D eigenvalue weighted by molar-refractivity contribution is -0.118. The number of carbonyl (C=O) groups is 1. The lowest BCUT2D eigenvalue weighted by atomic mass is 10.0. The van der Waals surface area contributed by atoms with Gasteiger partial charge >= 0.3 is 0 Å². The predicted octanol–water partition coefficient (Wildman–Crippen LogP) is 3.07. The van der Waals surface area contributed by atoms with E-state index in [0.29, 0.717) is 28.6 Å². The summed E-state index contributed by atoms with van der Waals surface area (Å²) in [6.07, 6.45) is 4.32. The van der Waals surface area contributed by atoms with Crippen LogP contribution in [0.5, 0.6) is 0 Å². The fraction of sp³-hybridized carbons (Fsp3) is 0.346. The highest BCUT2D eigenvalue weighted by atomic mass is 16.5. The minimum absolute atomic E-state index is 0.120. The number of nitrogens with zero attached hydrogens (tertiary/aromatic N) is 5.